The highest BCUT2D eigenvalue weighted by Crippen LogP contribution is 2.21. The van der Waals surface area contributed by atoms with Crippen LogP contribution in [0.4, 0.5) is 0 Å². The minimum Gasteiger partial charge on any atom is -0.484 e. The molecule has 0 amide bonds. The van der Waals surface area contributed by atoms with Gasteiger partial charge in [-0.05, 0) is 24.6 Å². The molecule has 21 heavy (non-hydrogen) atoms. The van der Waals surface area contributed by atoms with Crippen molar-refractivity contribution in [3.05, 3.63) is 41.1 Å². The fourth-order valence-corrected chi connectivity index (χ4v) is 1.70. The Bertz CT molecular complexity index is 634. The molecule has 0 saturated carbocycles. The SMILES string of the molecule is COC(=O)c1ccc(C)c(OCc2nnc(C(C)C)o2)c1. The summed E-state index contributed by atoms with van der Waals surface area (Å²) in [5.74, 6) is 1.34. The van der Waals surface area contributed by atoms with Gasteiger partial charge in [-0.3, -0.25) is 0 Å². The number of benzene rings is 1. The Morgan fingerprint density at radius 1 is 1.33 bits per heavy atom. The van der Waals surface area contributed by atoms with Gasteiger partial charge in [0.25, 0.3) is 5.89 Å². The van der Waals surface area contributed by atoms with Gasteiger partial charge in [-0.1, -0.05) is 19.9 Å². The fourth-order valence-electron chi connectivity index (χ4n) is 1.70. The minimum absolute atomic E-state index is 0.158. The Morgan fingerprint density at radius 2 is 2.10 bits per heavy atom. The highest BCUT2D eigenvalue weighted by molar-refractivity contribution is 5.89. The average Bonchev–Trinajstić information content (AvgIpc) is 2.94. The van der Waals surface area contributed by atoms with Crippen molar-refractivity contribution in [2.75, 3.05) is 7.11 Å². The normalized spacial score (nSPS) is 10.7. The highest BCUT2D eigenvalue weighted by Gasteiger charge is 2.12. The van der Waals surface area contributed by atoms with Gasteiger partial charge in [-0.2, -0.15) is 0 Å². The summed E-state index contributed by atoms with van der Waals surface area (Å²) in [6, 6.07) is 5.13. The summed E-state index contributed by atoms with van der Waals surface area (Å²) in [7, 11) is 1.34. The number of aromatic nitrogens is 2. The van der Waals surface area contributed by atoms with E-state index >= 15 is 0 Å². The van der Waals surface area contributed by atoms with Crippen molar-refractivity contribution >= 4 is 5.97 Å². The monoisotopic (exact) mass is 290 g/mol. The maximum absolute atomic E-state index is 11.5. The number of rotatable bonds is 5. The minimum atomic E-state index is -0.403. The zero-order valence-electron chi connectivity index (χ0n) is 12.5. The molecule has 0 N–H and O–H groups in total. The van der Waals surface area contributed by atoms with Gasteiger partial charge in [0, 0.05) is 5.92 Å². The lowest BCUT2D eigenvalue weighted by atomic mass is 10.1. The highest BCUT2D eigenvalue weighted by atomic mass is 16.5. The second-order valence-corrected chi connectivity index (χ2v) is 4.95. The van der Waals surface area contributed by atoms with E-state index in [4.69, 9.17) is 9.15 Å². The molecule has 0 radical (unpaired) electrons. The third kappa shape index (κ3) is 3.59. The molecule has 0 aliphatic rings. The van der Waals surface area contributed by atoms with Crippen molar-refractivity contribution in [1.29, 1.82) is 0 Å². The van der Waals surface area contributed by atoms with Gasteiger partial charge in [0.2, 0.25) is 5.89 Å². The second-order valence-electron chi connectivity index (χ2n) is 4.95. The van der Waals surface area contributed by atoms with Crippen LogP contribution in [-0.2, 0) is 11.3 Å². The van der Waals surface area contributed by atoms with Crippen LogP contribution in [0.3, 0.4) is 0 Å². The number of carbonyl (C=O) groups is 1. The molecule has 6 heteroatoms. The quantitative estimate of drug-likeness (QED) is 0.788. The van der Waals surface area contributed by atoms with Crippen LogP contribution < -0.4 is 4.74 Å². The Balaban J connectivity index is 2.09. The zero-order chi connectivity index (χ0) is 15.4. The summed E-state index contributed by atoms with van der Waals surface area (Å²) < 4.78 is 15.8. The van der Waals surface area contributed by atoms with E-state index in [1.165, 1.54) is 7.11 Å². The predicted molar refractivity (Wildman–Crippen MR) is 75.2 cm³/mol. The van der Waals surface area contributed by atoms with Crippen LogP contribution in [0, 0.1) is 6.92 Å². The largest absolute Gasteiger partial charge is 0.484 e. The van der Waals surface area contributed by atoms with Crippen LogP contribution >= 0.6 is 0 Å². The van der Waals surface area contributed by atoms with Crippen LogP contribution in [0.25, 0.3) is 0 Å². The lowest BCUT2D eigenvalue weighted by molar-refractivity contribution is 0.0600. The van der Waals surface area contributed by atoms with Gasteiger partial charge < -0.3 is 13.9 Å². The molecule has 1 heterocycles. The van der Waals surface area contributed by atoms with E-state index in [9.17, 15) is 4.79 Å². The molecule has 2 rings (SSSR count). The summed E-state index contributed by atoms with van der Waals surface area (Å²) in [4.78, 5) is 11.5. The number of hydrogen-bond donors (Lipinski definition) is 0. The van der Waals surface area contributed by atoms with Gasteiger partial charge in [-0.15, -0.1) is 10.2 Å². The third-order valence-corrected chi connectivity index (χ3v) is 2.94. The van der Waals surface area contributed by atoms with E-state index in [1.54, 1.807) is 18.2 Å². The van der Waals surface area contributed by atoms with Crippen molar-refractivity contribution in [2.45, 2.75) is 33.3 Å². The lowest BCUT2D eigenvalue weighted by Crippen LogP contribution is -2.03. The van der Waals surface area contributed by atoms with E-state index in [0.717, 1.165) is 5.56 Å². The standard InChI is InChI=1S/C15H18N2O4/c1-9(2)14-17-16-13(21-14)8-20-12-7-11(15(18)19-4)6-5-10(12)3/h5-7,9H,8H2,1-4H3. The summed E-state index contributed by atoms with van der Waals surface area (Å²) >= 11 is 0. The maximum atomic E-state index is 11.5. The van der Waals surface area contributed by atoms with Gasteiger partial charge in [0.15, 0.2) is 6.61 Å². The van der Waals surface area contributed by atoms with Crippen LogP contribution in [0.15, 0.2) is 22.6 Å². The van der Waals surface area contributed by atoms with Gasteiger partial charge in [-0.25, -0.2) is 4.79 Å². The summed E-state index contributed by atoms with van der Waals surface area (Å²) in [5.41, 5.74) is 1.35. The van der Waals surface area contributed by atoms with Gasteiger partial charge in [0.05, 0.1) is 12.7 Å². The first-order valence-electron chi connectivity index (χ1n) is 6.65. The first-order chi connectivity index (χ1) is 10.0. The number of ether oxygens (including phenoxy) is 2. The van der Waals surface area contributed by atoms with Crippen molar-refractivity contribution in [3.8, 4) is 5.75 Å². The van der Waals surface area contributed by atoms with E-state index in [0.29, 0.717) is 23.1 Å². The number of aryl methyl sites for hydroxylation is 1. The molecule has 0 unspecified atom stereocenters. The second kappa shape index (κ2) is 6.39. The fraction of sp³-hybridized carbons (Fsp3) is 0.400. The Hall–Kier alpha value is -2.37. The lowest BCUT2D eigenvalue weighted by Gasteiger charge is -2.08. The van der Waals surface area contributed by atoms with Crippen molar-refractivity contribution in [3.63, 3.8) is 0 Å². The predicted octanol–water partition coefficient (Wildman–Crippen LogP) is 2.87. The molecule has 0 spiro atoms. The average molecular weight is 290 g/mol. The first-order valence-corrected chi connectivity index (χ1v) is 6.65. The molecule has 0 aliphatic heterocycles. The number of carbonyl (C=O) groups excluding carboxylic acids is 1. The molecular weight excluding hydrogens is 272 g/mol. The van der Waals surface area contributed by atoms with Crippen molar-refractivity contribution < 1.29 is 18.7 Å². The molecule has 1 aromatic heterocycles. The molecule has 0 bridgehead atoms. The maximum Gasteiger partial charge on any atom is 0.337 e. The molecular formula is C15H18N2O4. The molecule has 0 atom stereocenters. The Kier molecular flexibility index (Phi) is 4.57. The number of methoxy groups -OCH3 is 1. The van der Waals surface area contributed by atoms with Crippen LogP contribution in [0.2, 0.25) is 0 Å². The van der Waals surface area contributed by atoms with E-state index in [2.05, 4.69) is 14.9 Å². The van der Waals surface area contributed by atoms with Crippen molar-refractivity contribution in [2.24, 2.45) is 0 Å². The topological polar surface area (TPSA) is 74.5 Å². The molecule has 0 aliphatic carbocycles. The first kappa shape index (κ1) is 15.0. The third-order valence-electron chi connectivity index (χ3n) is 2.94. The van der Waals surface area contributed by atoms with Crippen molar-refractivity contribution in [1.82, 2.24) is 10.2 Å². The molecule has 112 valence electrons. The van der Waals surface area contributed by atoms with Crippen LogP contribution in [-0.4, -0.2) is 23.3 Å². The Morgan fingerprint density at radius 3 is 2.71 bits per heavy atom. The van der Waals surface area contributed by atoms with E-state index in [-0.39, 0.29) is 12.5 Å². The number of esters is 1. The number of nitrogens with zero attached hydrogens (tertiary/aromatic N) is 2. The summed E-state index contributed by atoms with van der Waals surface area (Å²) in [5, 5.41) is 7.86. The summed E-state index contributed by atoms with van der Waals surface area (Å²) in [6.45, 7) is 6.00. The van der Waals surface area contributed by atoms with Gasteiger partial charge >= 0.3 is 5.97 Å². The number of hydrogen-bond acceptors (Lipinski definition) is 6. The van der Waals surface area contributed by atoms with Crippen LogP contribution in [0.1, 0.15) is 47.5 Å². The summed E-state index contributed by atoms with van der Waals surface area (Å²) in [6.07, 6.45) is 0. The zero-order valence-corrected chi connectivity index (χ0v) is 12.5. The van der Waals surface area contributed by atoms with Crippen LogP contribution in [0.5, 0.6) is 5.75 Å². The van der Waals surface area contributed by atoms with E-state index < -0.39 is 5.97 Å². The molecule has 0 saturated heterocycles. The molecule has 1 aromatic carbocycles. The molecule has 2 aromatic rings. The Labute approximate surface area is 123 Å². The smallest absolute Gasteiger partial charge is 0.337 e. The van der Waals surface area contributed by atoms with Gasteiger partial charge in [0.1, 0.15) is 5.75 Å². The molecule has 6 nitrogen and oxygen atoms in total. The van der Waals surface area contributed by atoms with E-state index in [1.807, 2.05) is 20.8 Å². The molecule has 0 fully saturated rings.